The summed E-state index contributed by atoms with van der Waals surface area (Å²) in [7, 11) is 0. The van der Waals surface area contributed by atoms with Gasteiger partial charge in [-0.05, 0) is 35.4 Å². The lowest BCUT2D eigenvalue weighted by Crippen LogP contribution is -2.11. The zero-order chi connectivity index (χ0) is 12.1. The summed E-state index contributed by atoms with van der Waals surface area (Å²) in [6, 6.07) is 4.57. The maximum absolute atomic E-state index is 13.2. The summed E-state index contributed by atoms with van der Waals surface area (Å²) in [5, 5.41) is 7.28. The van der Waals surface area contributed by atoms with Crippen molar-refractivity contribution in [1.29, 1.82) is 5.41 Å². The number of hydrogen-bond donors (Lipinski definition) is 2. The first-order valence-corrected chi connectivity index (χ1v) is 6.36. The van der Waals surface area contributed by atoms with E-state index in [4.69, 9.17) is 11.1 Å². The molecule has 4 heteroatoms. The van der Waals surface area contributed by atoms with Crippen molar-refractivity contribution in [3.63, 3.8) is 0 Å². The maximum atomic E-state index is 13.2. The Morgan fingerprint density at radius 1 is 1.44 bits per heavy atom. The second-order valence-electron chi connectivity index (χ2n) is 4.17. The monoisotopic (exact) mass is 240 g/mol. The molecule has 1 rings (SSSR count). The normalized spacial score (nSPS) is 10.8. The highest BCUT2D eigenvalue weighted by molar-refractivity contribution is 7.98. The number of thioether (sulfide) groups is 1. The molecule has 0 radical (unpaired) electrons. The summed E-state index contributed by atoms with van der Waals surface area (Å²) >= 11 is 1.77. The molecule has 2 nitrogen and oxygen atoms in total. The molecule has 0 saturated carbocycles. The molecule has 0 saturated heterocycles. The summed E-state index contributed by atoms with van der Waals surface area (Å²) in [6.45, 7) is 4.30. The topological polar surface area (TPSA) is 49.9 Å². The Bertz CT molecular complexity index is 377. The van der Waals surface area contributed by atoms with Crippen LogP contribution in [-0.4, -0.2) is 11.6 Å². The Morgan fingerprint density at radius 2 is 2.12 bits per heavy atom. The van der Waals surface area contributed by atoms with Crippen LogP contribution in [0.4, 0.5) is 4.39 Å². The molecule has 0 atom stereocenters. The van der Waals surface area contributed by atoms with E-state index in [0.29, 0.717) is 11.5 Å². The SMILES string of the molecule is CC(C)CSCc1cc(F)cc(C(=N)N)c1. The summed E-state index contributed by atoms with van der Waals surface area (Å²) in [5.41, 5.74) is 6.68. The quantitative estimate of drug-likeness (QED) is 0.614. The molecule has 0 fully saturated rings. The van der Waals surface area contributed by atoms with E-state index in [1.165, 1.54) is 12.1 Å². The predicted molar refractivity (Wildman–Crippen MR) is 68.4 cm³/mol. The van der Waals surface area contributed by atoms with Crippen LogP contribution in [0.2, 0.25) is 0 Å². The Balaban J connectivity index is 2.69. The van der Waals surface area contributed by atoms with Crippen molar-refractivity contribution in [3.8, 4) is 0 Å². The summed E-state index contributed by atoms with van der Waals surface area (Å²) in [5.74, 6) is 2.02. The highest BCUT2D eigenvalue weighted by Crippen LogP contribution is 2.17. The van der Waals surface area contributed by atoms with Crippen molar-refractivity contribution in [2.45, 2.75) is 19.6 Å². The van der Waals surface area contributed by atoms with E-state index >= 15 is 0 Å². The molecular formula is C12H17FN2S. The second-order valence-corrected chi connectivity index (χ2v) is 5.20. The average molecular weight is 240 g/mol. The number of halogens is 1. The van der Waals surface area contributed by atoms with Crippen LogP contribution in [0.15, 0.2) is 18.2 Å². The number of nitrogens with two attached hydrogens (primary N) is 1. The standard InChI is InChI=1S/C12H17FN2S/c1-8(2)6-16-7-9-3-10(12(14)15)5-11(13)4-9/h3-5,8H,6-7H2,1-2H3,(H3,14,15). The van der Waals surface area contributed by atoms with Gasteiger partial charge in [0.05, 0.1) is 0 Å². The third-order valence-corrected chi connectivity index (χ3v) is 3.43. The number of hydrogen-bond acceptors (Lipinski definition) is 2. The molecule has 0 bridgehead atoms. The summed E-state index contributed by atoms with van der Waals surface area (Å²) in [4.78, 5) is 0. The molecular weight excluding hydrogens is 223 g/mol. The van der Waals surface area contributed by atoms with Crippen LogP contribution in [0.5, 0.6) is 0 Å². The first kappa shape index (κ1) is 13.0. The van der Waals surface area contributed by atoms with Gasteiger partial charge in [0.2, 0.25) is 0 Å². The maximum Gasteiger partial charge on any atom is 0.124 e. The average Bonchev–Trinajstić information content (AvgIpc) is 2.16. The zero-order valence-electron chi connectivity index (χ0n) is 9.59. The number of nitrogens with one attached hydrogen (secondary N) is 1. The van der Waals surface area contributed by atoms with E-state index in [1.807, 2.05) is 0 Å². The minimum atomic E-state index is -0.326. The molecule has 0 aliphatic carbocycles. The van der Waals surface area contributed by atoms with Gasteiger partial charge < -0.3 is 5.73 Å². The van der Waals surface area contributed by atoms with Crippen LogP contribution in [0.25, 0.3) is 0 Å². The molecule has 0 spiro atoms. The van der Waals surface area contributed by atoms with E-state index in [0.717, 1.165) is 17.1 Å². The van der Waals surface area contributed by atoms with E-state index in [1.54, 1.807) is 17.8 Å². The summed E-state index contributed by atoms with van der Waals surface area (Å²) in [6.07, 6.45) is 0. The molecule has 0 aliphatic heterocycles. The fourth-order valence-corrected chi connectivity index (χ4v) is 2.29. The minimum absolute atomic E-state index is 0.0883. The molecule has 0 heterocycles. The smallest absolute Gasteiger partial charge is 0.124 e. The van der Waals surface area contributed by atoms with Gasteiger partial charge in [0.15, 0.2) is 0 Å². The van der Waals surface area contributed by atoms with E-state index in [-0.39, 0.29) is 11.7 Å². The van der Waals surface area contributed by atoms with Gasteiger partial charge in [0.1, 0.15) is 11.7 Å². The highest BCUT2D eigenvalue weighted by Gasteiger charge is 2.04. The number of rotatable bonds is 5. The van der Waals surface area contributed by atoms with E-state index in [9.17, 15) is 4.39 Å². The van der Waals surface area contributed by atoms with Crippen molar-refractivity contribution in [1.82, 2.24) is 0 Å². The number of nitrogen functional groups attached to an aromatic ring is 1. The summed E-state index contributed by atoms with van der Waals surface area (Å²) < 4.78 is 13.2. The Morgan fingerprint density at radius 3 is 2.69 bits per heavy atom. The Hall–Kier alpha value is -1.03. The van der Waals surface area contributed by atoms with Gasteiger partial charge in [-0.1, -0.05) is 13.8 Å². The van der Waals surface area contributed by atoms with Gasteiger partial charge >= 0.3 is 0 Å². The molecule has 0 unspecified atom stereocenters. The van der Waals surface area contributed by atoms with Gasteiger partial charge in [-0.15, -0.1) is 0 Å². The van der Waals surface area contributed by atoms with Crippen molar-refractivity contribution in [2.24, 2.45) is 11.7 Å². The van der Waals surface area contributed by atoms with Crippen LogP contribution in [0.3, 0.4) is 0 Å². The fourth-order valence-electron chi connectivity index (χ4n) is 1.30. The fraction of sp³-hybridized carbons (Fsp3) is 0.417. The van der Waals surface area contributed by atoms with Gasteiger partial charge in [0, 0.05) is 11.3 Å². The van der Waals surface area contributed by atoms with Crippen LogP contribution in [-0.2, 0) is 5.75 Å². The van der Waals surface area contributed by atoms with Crippen molar-refractivity contribution in [3.05, 3.63) is 35.1 Å². The zero-order valence-corrected chi connectivity index (χ0v) is 10.4. The van der Waals surface area contributed by atoms with Crippen molar-refractivity contribution in [2.75, 3.05) is 5.75 Å². The largest absolute Gasteiger partial charge is 0.384 e. The van der Waals surface area contributed by atoms with Crippen molar-refractivity contribution < 1.29 is 4.39 Å². The lowest BCUT2D eigenvalue weighted by molar-refractivity contribution is 0.626. The predicted octanol–water partition coefficient (Wildman–Crippen LogP) is 3.00. The third-order valence-electron chi connectivity index (χ3n) is 1.99. The van der Waals surface area contributed by atoms with Gasteiger partial charge in [-0.2, -0.15) is 11.8 Å². The number of amidine groups is 1. The lowest BCUT2D eigenvalue weighted by Gasteiger charge is -2.06. The first-order valence-electron chi connectivity index (χ1n) is 5.20. The van der Waals surface area contributed by atoms with Crippen LogP contribution < -0.4 is 5.73 Å². The second kappa shape index (κ2) is 5.89. The highest BCUT2D eigenvalue weighted by atomic mass is 32.2. The molecule has 1 aromatic rings. The Labute approximate surface area is 99.9 Å². The van der Waals surface area contributed by atoms with Gasteiger partial charge in [0.25, 0.3) is 0 Å². The van der Waals surface area contributed by atoms with Crippen LogP contribution >= 0.6 is 11.8 Å². The molecule has 0 amide bonds. The molecule has 3 N–H and O–H groups in total. The Kier molecular flexibility index (Phi) is 4.80. The third kappa shape index (κ3) is 4.23. The number of benzene rings is 1. The van der Waals surface area contributed by atoms with Gasteiger partial charge in [-0.3, -0.25) is 5.41 Å². The molecule has 88 valence electrons. The van der Waals surface area contributed by atoms with Crippen LogP contribution in [0, 0.1) is 17.1 Å². The molecule has 1 aromatic carbocycles. The molecule has 0 aliphatic rings. The van der Waals surface area contributed by atoms with E-state index in [2.05, 4.69) is 13.8 Å². The first-order chi connectivity index (χ1) is 7.49. The van der Waals surface area contributed by atoms with E-state index < -0.39 is 0 Å². The van der Waals surface area contributed by atoms with Gasteiger partial charge in [-0.25, -0.2) is 4.39 Å². The van der Waals surface area contributed by atoms with Crippen molar-refractivity contribution >= 4 is 17.6 Å². The minimum Gasteiger partial charge on any atom is -0.384 e. The molecule has 16 heavy (non-hydrogen) atoms. The van der Waals surface area contributed by atoms with Crippen LogP contribution in [0.1, 0.15) is 25.0 Å². The molecule has 0 aromatic heterocycles. The lowest BCUT2D eigenvalue weighted by atomic mass is 10.1.